The molecule has 0 N–H and O–H groups in total. The monoisotopic (exact) mass is 667 g/mol. The summed E-state index contributed by atoms with van der Waals surface area (Å²) >= 11 is 0. The van der Waals surface area contributed by atoms with Crippen LogP contribution in [0.1, 0.15) is 59.2 Å². The zero-order valence-electron chi connectivity index (χ0n) is 29.5. The maximum absolute atomic E-state index is 11.8. The Hall–Kier alpha value is -3.83. The minimum atomic E-state index is -1.19. The number of rotatable bonds is 12. The molecule has 10 heteroatoms. The average molecular weight is 668 g/mol. The number of aromatic nitrogens is 4. The molecule has 0 amide bonds. The van der Waals surface area contributed by atoms with Gasteiger partial charge in [-0.15, -0.1) is 0 Å². The van der Waals surface area contributed by atoms with Crippen LogP contribution >= 0.6 is 0 Å². The van der Waals surface area contributed by atoms with Crippen molar-refractivity contribution in [1.82, 2.24) is 24.0 Å². The van der Waals surface area contributed by atoms with E-state index in [0.717, 1.165) is 84.1 Å². The number of ether oxygens (including phenoxy) is 3. The molecule has 0 spiro atoms. The van der Waals surface area contributed by atoms with Gasteiger partial charge in [0.15, 0.2) is 0 Å². The molecule has 1 fully saturated rings. The van der Waals surface area contributed by atoms with E-state index in [1.807, 2.05) is 25.3 Å². The molecule has 0 unspecified atom stereocenters. The molecule has 0 aliphatic carbocycles. The fourth-order valence-corrected chi connectivity index (χ4v) is 7.49. The first-order valence-corrected chi connectivity index (χ1v) is 20.7. The van der Waals surface area contributed by atoms with Crippen molar-refractivity contribution in [2.75, 3.05) is 33.9 Å². The minimum Gasteiger partial charge on any atom is -0.465 e. The summed E-state index contributed by atoms with van der Waals surface area (Å²) in [5, 5.41) is 1.15. The first-order chi connectivity index (χ1) is 23.1. The summed E-state index contributed by atoms with van der Waals surface area (Å²) in [5.41, 5.74) is 8.40. The fourth-order valence-electron chi connectivity index (χ4n) is 6.73. The Morgan fingerprint density at radius 2 is 1.77 bits per heavy atom. The molecule has 4 heterocycles. The number of carbonyl (C=O) groups is 1. The fraction of sp³-hybridized carbons (Fsp3) is 0.447. The molecule has 48 heavy (non-hydrogen) atoms. The van der Waals surface area contributed by atoms with Crippen LogP contribution in [0.3, 0.4) is 0 Å². The highest BCUT2D eigenvalue weighted by Crippen LogP contribution is 2.34. The Morgan fingerprint density at radius 1 is 1.02 bits per heavy atom. The standard InChI is InChI=1S/C38H49N5O4Si/c1-26(45-3)36-40-34-13-12-30(22-35(34)43(36)25-47-20-21-48(5,6)7)32-14-17-39-37-33(32)23-31(41(37)2)24-42-18-15-28(16-19-42)27-8-10-29(11-9-27)38(44)46-4/h8-14,17,22-23,26,28H,15-16,18-21,24-25H2,1-7H3/t26-/m1/s1. The van der Waals surface area contributed by atoms with E-state index >= 15 is 0 Å². The number of carbonyl (C=O) groups excluding carboxylic acids is 1. The van der Waals surface area contributed by atoms with Gasteiger partial charge >= 0.3 is 5.97 Å². The molecule has 0 bridgehead atoms. The number of fused-ring (bicyclic) bond motifs is 2. The summed E-state index contributed by atoms with van der Waals surface area (Å²) in [6, 6.07) is 20.0. The largest absolute Gasteiger partial charge is 0.465 e. The van der Waals surface area contributed by atoms with Crippen LogP contribution in [-0.4, -0.2) is 72.0 Å². The van der Waals surface area contributed by atoms with Crippen LogP contribution in [0, 0.1) is 0 Å². The van der Waals surface area contributed by atoms with Gasteiger partial charge in [0.2, 0.25) is 0 Å². The van der Waals surface area contributed by atoms with E-state index in [9.17, 15) is 4.79 Å². The summed E-state index contributed by atoms with van der Waals surface area (Å²) in [6.45, 7) is 13.3. The molecule has 2 aromatic carbocycles. The smallest absolute Gasteiger partial charge is 0.337 e. The normalized spacial score (nSPS) is 15.4. The molecule has 1 aliphatic rings. The predicted octanol–water partition coefficient (Wildman–Crippen LogP) is 7.78. The number of benzene rings is 2. The van der Waals surface area contributed by atoms with E-state index in [1.54, 1.807) is 7.11 Å². The molecule has 6 rings (SSSR count). The number of aryl methyl sites for hydroxylation is 1. The molecule has 254 valence electrons. The van der Waals surface area contributed by atoms with Crippen molar-refractivity contribution < 1.29 is 19.0 Å². The number of nitrogens with zero attached hydrogens (tertiary/aromatic N) is 5. The number of pyridine rings is 1. The number of hydrogen-bond donors (Lipinski definition) is 0. The molecule has 0 saturated carbocycles. The maximum atomic E-state index is 11.8. The Bertz CT molecular complexity index is 1880. The van der Waals surface area contributed by atoms with Gasteiger partial charge in [-0.1, -0.05) is 37.8 Å². The van der Waals surface area contributed by atoms with Crippen LogP contribution in [-0.2, 0) is 34.5 Å². The van der Waals surface area contributed by atoms with Crippen molar-refractivity contribution in [2.24, 2.45) is 7.05 Å². The van der Waals surface area contributed by atoms with E-state index in [1.165, 1.54) is 18.4 Å². The van der Waals surface area contributed by atoms with E-state index in [0.29, 0.717) is 18.2 Å². The number of piperidine rings is 1. The maximum Gasteiger partial charge on any atom is 0.337 e. The molecular weight excluding hydrogens is 619 g/mol. The van der Waals surface area contributed by atoms with Crippen molar-refractivity contribution >= 4 is 36.1 Å². The summed E-state index contributed by atoms with van der Waals surface area (Å²) in [7, 11) is 4.07. The summed E-state index contributed by atoms with van der Waals surface area (Å²) in [6.07, 6.45) is 3.94. The minimum absolute atomic E-state index is 0.150. The van der Waals surface area contributed by atoms with Crippen molar-refractivity contribution in [3.05, 3.63) is 83.4 Å². The first kappa shape index (κ1) is 34.0. The Balaban J connectivity index is 1.21. The van der Waals surface area contributed by atoms with E-state index in [4.69, 9.17) is 24.2 Å². The zero-order valence-corrected chi connectivity index (χ0v) is 30.5. The molecule has 9 nitrogen and oxygen atoms in total. The second-order valence-corrected chi connectivity index (χ2v) is 19.9. The van der Waals surface area contributed by atoms with Gasteiger partial charge in [-0.05, 0) is 97.9 Å². The van der Waals surface area contributed by atoms with Gasteiger partial charge in [0.25, 0.3) is 0 Å². The first-order valence-electron chi connectivity index (χ1n) is 17.0. The molecule has 1 atom stereocenters. The second-order valence-electron chi connectivity index (χ2n) is 14.3. The van der Waals surface area contributed by atoms with Crippen LogP contribution in [0.15, 0.2) is 60.8 Å². The van der Waals surface area contributed by atoms with Crippen molar-refractivity contribution in [3.63, 3.8) is 0 Å². The SMILES string of the molecule is COC(=O)c1ccc(C2CCN(Cc3cc4c(-c5ccc6nc([C@@H](C)OC)n(COCC[Si](C)(C)C)c6c5)ccnc4n3C)CC2)cc1. The zero-order chi connectivity index (χ0) is 34.0. The van der Waals surface area contributed by atoms with Crippen molar-refractivity contribution in [3.8, 4) is 11.1 Å². The molecule has 5 aromatic rings. The van der Waals surface area contributed by atoms with Gasteiger partial charge in [-0.2, -0.15) is 0 Å². The third kappa shape index (κ3) is 7.27. The number of hydrogen-bond acceptors (Lipinski definition) is 7. The van der Waals surface area contributed by atoms with E-state index < -0.39 is 8.07 Å². The highest BCUT2D eigenvalue weighted by Gasteiger charge is 2.23. The Morgan fingerprint density at radius 3 is 2.46 bits per heavy atom. The third-order valence-corrected chi connectivity index (χ3v) is 11.5. The van der Waals surface area contributed by atoms with Crippen LogP contribution in [0.4, 0.5) is 0 Å². The van der Waals surface area contributed by atoms with Crippen LogP contribution in [0.2, 0.25) is 25.7 Å². The third-order valence-electron chi connectivity index (χ3n) is 9.83. The quantitative estimate of drug-likeness (QED) is 0.0764. The van der Waals surface area contributed by atoms with Gasteiger partial charge in [0.1, 0.15) is 24.3 Å². The van der Waals surface area contributed by atoms with Gasteiger partial charge in [0.05, 0.1) is 23.7 Å². The lowest BCUT2D eigenvalue weighted by atomic mass is 9.89. The number of methoxy groups -OCH3 is 2. The van der Waals surface area contributed by atoms with Gasteiger partial charge in [-0.3, -0.25) is 4.90 Å². The highest BCUT2D eigenvalue weighted by atomic mass is 28.3. The van der Waals surface area contributed by atoms with Crippen LogP contribution in [0.5, 0.6) is 0 Å². The highest BCUT2D eigenvalue weighted by molar-refractivity contribution is 6.76. The van der Waals surface area contributed by atoms with Gasteiger partial charge < -0.3 is 23.3 Å². The Kier molecular flexibility index (Phi) is 10.2. The van der Waals surface area contributed by atoms with Crippen molar-refractivity contribution in [2.45, 2.75) is 70.7 Å². The summed E-state index contributed by atoms with van der Waals surface area (Å²) in [5.74, 6) is 1.08. The number of imidazole rings is 1. The lowest BCUT2D eigenvalue weighted by Gasteiger charge is -2.32. The van der Waals surface area contributed by atoms with E-state index in [2.05, 4.69) is 83.2 Å². The lowest BCUT2D eigenvalue weighted by Crippen LogP contribution is -2.33. The second kappa shape index (κ2) is 14.3. The number of esters is 1. The predicted molar refractivity (Wildman–Crippen MR) is 194 cm³/mol. The summed E-state index contributed by atoms with van der Waals surface area (Å²) < 4.78 is 21.2. The van der Waals surface area contributed by atoms with Crippen LogP contribution < -0.4 is 0 Å². The topological polar surface area (TPSA) is 83.6 Å². The average Bonchev–Trinajstić information content (AvgIpc) is 3.62. The van der Waals surface area contributed by atoms with Crippen molar-refractivity contribution in [1.29, 1.82) is 0 Å². The number of likely N-dealkylation sites (tertiary alicyclic amines) is 1. The molecule has 3 aromatic heterocycles. The Labute approximate surface area is 284 Å². The van der Waals surface area contributed by atoms with Gasteiger partial charge in [0, 0.05) is 52.7 Å². The molecule has 1 saturated heterocycles. The molecule has 0 radical (unpaired) electrons. The van der Waals surface area contributed by atoms with E-state index in [-0.39, 0.29) is 12.1 Å². The molecule has 1 aliphatic heterocycles. The molecular formula is C38H49N5O4Si. The summed E-state index contributed by atoms with van der Waals surface area (Å²) in [4.78, 5) is 24.1. The lowest BCUT2D eigenvalue weighted by molar-refractivity contribution is 0.0600. The van der Waals surface area contributed by atoms with Gasteiger partial charge in [-0.25, -0.2) is 14.8 Å². The van der Waals surface area contributed by atoms with Crippen LogP contribution in [0.25, 0.3) is 33.2 Å².